The Morgan fingerprint density at radius 2 is 0.860 bits per heavy atom. The molecule has 0 heterocycles. The Morgan fingerprint density at radius 1 is 0.500 bits per heavy atom. The van der Waals surface area contributed by atoms with Gasteiger partial charge in [-0.25, -0.2) is 4.57 Å². The lowest BCUT2D eigenvalue weighted by atomic mass is 10.0. The molecule has 0 saturated heterocycles. The molecular weight excluding hydrogens is 651 g/mol. The van der Waals surface area contributed by atoms with Crippen molar-refractivity contribution < 1.29 is 37.9 Å². The number of hydrogen-bond acceptors (Lipinski definition) is 6. The summed E-state index contributed by atoms with van der Waals surface area (Å²) in [6.45, 7) is 3.64. The third kappa shape index (κ3) is 39.3. The summed E-state index contributed by atoms with van der Waals surface area (Å²) in [6.07, 6.45) is 41.9. The summed E-state index contributed by atoms with van der Waals surface area (Å²) in [5, 5.41) is 0. The maximum absolute atomic E-state index is 12.4. The minimum atomic E-state index is -4.75. The zero-order valence-electron chi connectivity index (χ0n) is 32.3. The summed E-state index contributed by atoms with van der Waals surface area (Å²) >= 11 is 0. The van der Waals surface area contributed by atoms with E-state index in [4.69, 9.17) is 19.3 Å². The lowest BCUT2D eigenvalue weighted by Gasteiger charge is -2.18. The fraction of sp³-hybridized carbons (Fsp3) is 0.854. The highest BCUT2D eigenvalue weighted by Gasteiger charge is 2.22. The first-order valence-corrected chi connectivity index (χ1v) is 22.2. The molecule has 0 fully saturated rings. The zero-order chi connectivity index (χ0) is 36.8. The van der Waals surface area contributed by atoms with Gasteiger partial charge in [0.1, 0.15) is 6.61 Å². The highest BCUT2D eigenvalue weighted by Crippen LogP contribution is 2.36. The third-order valence-corrected chi connectivity index (χ3v) is 9.43. The molecule has 0 aliphatic heterocycles. The van der Waals surface area contributed by atoms with Crippen molar-refractivity contribution in [3.8, 4) is 0 Å². The Morgan fingerprint density at radius 3 is 1.28 bits per heavy atom. The van der Waals surface area contributed by atoms with Gasteiger partial charge in [0.05, 0.1) is 6.61 Å². The predicted molar refractivity (Wildman–Crippen MR) is 207 cm³/mol. The van der Waals surface area contributed by atoms with E-state index < -0.39 is 32.5 Å². The molecule has 0 radical (unpaired) electrons. The minimum Gasteiger partial charge on any atom is -0.462 e. The molecule has 2 N–H and O–H groups in total. The van der Waals surface area contributed by atoms with Gasteiger partial charge in [-0.05, 0) is 57.8 Å². The normalized spacial score (nSPS) is 12.6. The lowest BCUT2D eigenvalue weighted by Crippen LogP contribution is -2.29. The monoisotopic (exact) mass is 729 g/mol. The molecule has 9 heteroatoms. The van der Waals surface area contributed by atoms with Gasteiger partial charge in [-0.2, -0.15) is 0 Å². The molecule has 1 atom stereocenters. The van der Waals surface area contributed by atoms with Crippen LogP contribution in [0.5, 0.6) is 0 Å². The van der Waals surface area contributed by atoms with Gasteiger partial charge in [-0.15, -0.1) is 0 Å². The van der Waals surface area contributed by atoms with Crippen molar-refractivity contribution in [2.24, 2.45) is 0 Å². The van der Waals surface area contributed by atoms with Gasteiger partial charge < -0.3 is 19.3 Å². The van der Waals surface area contributed by atoms with E-state index in [1.165, 1.54) is 109 Å². The number of esters is 2. The molecule has 0 spiro atoms. The Bertz CT molecular complexity index is 869. The summed E-state index contributed by atoms with van der Waals surface area (Å²) < 4.78 is 26.3. The molecule has 294 valence electrons. The highest BCUT2D eigenvalue weighted by atomic mass is 31.2. The Kier molecular flexibility index (Phi) is 36.2. The van der Waals surface area contributed by atoms with Crippen LogP contribution >= 0.6 is 7.82 Å². The Hall–Kier alpha value is -1.47. The molecule has 0 amide bonds. The molecule has 0 rings (SSSR count). The quantitative estimate of drug-likeness (QED) is 0.0279. The first-order chi connectivity index (χ1) is 24.3. The second-order valence-electron chi connectivity index (χ2n) is 14.0. The number of phosphoric acid groups is 1. The van der Waals surface area contributed by atoms with Crippen LogP contribution in [0.25, 0.3) is 0 Å². The van der Waals surface area contributed by atoms with Crippen LogP contribution in [0.2, 0.25) is 0 Å². The van der Waals surface area contributed by atoms with E-state index in [9.17, 15) is 14.2 Å². The molecule has 0 saturated carbocycles. The molecule has 0 bridgehead atoms. The summed E-state index contributed by atoms with van der Waals surface area (Å²) in [7, 11) is -4.75. The average Bonchev–Trinajstić information content (AvgIpc) is 3.08. The number of hydrogen-bond donors (Lipinski definition) is 2. The number of ether oxygens (including phenoxy) is 2. The van der Waals surface area contributed by atoms with Crippen molar-refractivity contribution in [2.45, 2.75) is 213 Å². The zero-order valence-corrected chi connectivity index (χ0v) is 33.2. The number of unbranched alkanes of at least 4 members (excludes halogenated alkanes) is 24. The van der Waals surface area contributed by atoms with Crippen LogP contribution in [-0.4, -0.2) is 41.0 Å². The van der Waals surface area contributed by atoms with Gasteiger partial charge in [-0.3, -0.25) is 14.1 Å². The van der Waals surface area contributed by atoms with Crippen molar-refractivity contribution in [3.05, 3.63) is 24.3 Å². The molecule has 0 aromatic heterocycles. The molecule has 0 unspecified atom stereocenters. The van der Waals surface area contributed by atoms with E-state index in [-0.39, 0.29) is 19.4 Å². The lowest BCUT2D eigenvalue weighted by molar-refractivity contribution is -0.161. The third-order valence-electron chi connectivity index (χ3n) is 8.94. The van der Waals surface area contributed by atoms with Gasteiger partial charge in [-0.1, -0.05) is 160 Å². The summed E-state index contributed by atoms with van der Waals surface area (Å²) in [4.78, 5) is 42.7. The largest absolute Gasteiger partial charge is 0.469 e. The van der Waals surface area contributed by atoms with Crippen LogP contribution in [-0.2, 0) is 28.2 Å². The van der Waals surface area contributed by atoms with Crippen molar-refractivity contribution in [1.29, 1.82) is 0 Å². The van der Waals surface area contributed by atoms with Gasteiger partial charge in [0, 0.05) is 12.8 Å². The smallest absolute Gasteiger partial charge is 0.462 e. The van der Waals surface area contributed by atoms with Gasteiger partial charge in [0.2, 0.25) is 0 Å². The first-order valence-electron chi connectivity index (χ1n) is 20.6. The van der Waals surface area contributed by atoms with E-state index in [2.05, 4.69) is 42.7 Å². The van der Waals surface area contributed by atoms with Crippen molar-refractivity contribution >= 4 is 19.8 Å². The molecule has 8 nitrogen and oxygen atoms in total. The fourth-order valence-corrected chi connectivity index (χ4v) is 6.18. The Labute approximate surface area is 307 Å². The molecule has 50 heavy (non-hydrogen) atoms. The van der Waals surface area contributed by atoms with Crippen LogP contribution < -0.4 is 0 Å². The van der Waals surface area contributed by atoms with Gasteiger partial charge in [0.25, 0.3) is 0 Å². The fourth-order valence-electron chi connectivity index (χ4n) is 5.82. The van der Waals surface area contributed by atoms with Gasteiger partial charge in [0.15, 0.2) is 6.10 Å². The van der Waals surface area contributed by atoms with Gasteiger partial charge >= 0.3 is 19.8 Å². The maximum atomic E-state index is 12.4. The molecule has 0 aliphatic carbocycles. The van der Waals surface area contributed by atoms with E-state index in [0.717, 1.165) is 57.8 Å². The highest BCUT2D eigenvalue weighted by molar-refractivity contribution is 7.46. The second kappa shape index (κ2) is 37.3. The molecule has 0 aliphatic rings. The molecular formula is C41H77O8P. The van der Waals surface area contributed by atoms with Crippen LogP contribution in [0.4, 0.5) is 0 Å². The number of allylic oxidation sites excluding steroid dienone is 4. The number of carbonyl (C=O) groups is 2. The van der Waals surface area contributed by atoms with Crippen LogP contribution in [0.1, 0.15) is 206 Å². The van der Waals surface area contributed by atoms with E-state index in [0.29, 0.717) is 12.8 Å². The van der Waals surface area contributed by atoms with Crippen molar-refractivity contribution in [2.75, 3.05) is 13.2 Å². The van der Waals surface area contributed by atoms with Crippen LogP contribution in [0, 0.1) is 0 Å². The SMILES string of the molecule is CCCC/C=C\CCCCCCCC(=O)OC[C@H](COP(=O)(O)O)OC(=O)CCCCCCCCCCCCC/C=C\CCCCCCCC. The topological polar surface area (TPSA) is 119 Å². The van der Waals surface area contributed by atoms with Crippen molar-refractivity contribution in [3.63, 3.8) is 0 Å². The number of phosphoric ester groups is 1. The standard InChI is InChI=1S/C41H77O8P/c1-3-5-7-9-11-13-15-16-17-18-19-20-21-22-23-24-26-28-30-32-34-36-41(43)49-39(38-48-50(44,45)46)37-47-40(42)35-33-31-29-27-25-14-12-10-8-6-4-2/h10,12,16-17,39H,3-9,11,13-15,18-38H2,1-2H3,(H2,44,45,46)/b12-10-,17-16-/t39-/m1/s1. The average molecular weight is 729 g/mol. The van der Waals surface area contributed by atoms with E-state index >= 15 is 0 Å². The predicted octanol–water partition coefficient (Wildman–Crippen LogP) is 12.4. The van der Waals surface area contributed by atoms with E-state index in [1.54, 1.807) is 0 Å². The number of rotatable bonds is 38. The summed E-state index contributed by atoms with van der Waals surface area (Å²) in [6, 6.07) is 0. The number of carbonyl (C=O) groups excluding carboxylic acids is 2. The summed E-state index contributed by atoms with van der Waals surface area (Å²) in [5.74, 6) is -0.892. The minimum absolute atomic E-state index is 0.211. The second-order valence-corrected chi connectivity index (χ2v) is 15.2. The Balaban J connectivity index is 3.86. The van der Waals surface area contributed by atoms with Crippen molar-refractivity contribution in [1.82, 2.24) is 0 Å². The molecule has 0 aromatic carbocycles. The first kappa shape index (κ1) is 48.5. The van der Waals surface area contributed by atoms with Crippen LogP contribution in [0.3, 0.4) is 0 Å². The van der Waals surface area contributed by atoms with E-state index in [1.807, 2.05) is 0 Å². The molecule has 0 aromatic rings. The maximum Gasteiger partial charge on any atom is 0.469 e. The van der Waals surface area contributed by atoms with Crippen LogP contribution in [0.15, 0.2) is 24.3 Å². The summed E-state index contributed by atoms with van der Waals surface area (Å²) in [5.41, 5.74) is 0.